The largest absolute Gasteiger partial charge is 0.372 e. The van der Waals surface area contributed by atoms with Crippen molar-refractivity contribution in [3.8, 4) is 6.07 Å². The van der Waals surface area contributed by atoms with E-state index in [4.69, 9.17) is 10.00 Å². The number of halogens is 1. The molecule has 0 aromatic heterocycles. The molecule has 0 saturated carbocycles. The lowest BCUT2D eigenvalue weighted by atomic mass is 10.1. The summed E-state index contributed by atoms with van der Waals surface area (Å²) in [5.74, 6) is -0.464. The van der Waals surface area contributed by atoms with Crippen LogP contribution in [0.4, 0.5) is 10.1 Å². The maximum Gasteiger partial charge on any atom is 0.143 e. The normalized spacial score (nSPS) is 18.8. The Hall–Kier alpha value is -1.60. The molecule has 0 bridgehead atoms. The molecule has 3 nitrogen and oxygen atoms in total. The number of nitriles is 1. The minimum absolute atomic E-state index is 0.116. The maximum absolute atomic E-state index is 13.5. The Morgan fingerprint density at radius 3 is 2.88 bits per heavy atom. The summed E-state index contributed by atoms with van der Waals surface area (Å²) in [5.41, 5.74) is 0.506. The quantitative estimate of drug-likeness (QED) is 0.748. The molecule has 0 radical (unpaired) electrons. The highest BCUT2D eigenvalue weighted by Gasteiger charge is 2.28. The molecule has 0 amide bonds. The van der Waals surface area contributed by atoms with Crippen LogP contribution < -0.4 is 4.90 Å². The monoisotopic (exact) mass is 234 g/mol. The molecule has 0 unspecified atom stereocenters. The third-order valence-corrected chi connectivity index (χ3v) is 2.87. The van der Waals surface area contributed by atoms with E-state index in [1.807, 2.05) is 24.8 Å². The molecule has 0 aliphatic carbocycles. The van der Waals surface area contributed by atoms with Gasteiger partial charge < -0.3 is 9.64 Å². The van der Waals surface area contributed by atoms with Crippen molar-refractivity contribution in [2.24, 2.45) is 0 Å². The Morgan fingerprint density at radius 1 is 1.47 bits per heavy atom. The first-order valence-corrected chi connectivity index (χ1v) is 5.61. The van der Waals surface area contributed by atoms with Gasteiger partial charge in [-0.05, 0) is 26.0 Å². The van der Waals surface area contributed by atoms with E-state index >= 15 is 0 Å². The van der Waals surface area contributed by atoms with Crippen LogP contribution in [0, 0.1) is 17.1 Å². The molecule has 0 N–H and O–H groups in total. The Bertz CT molecular complexity index is 465. The summed E-state index contributed by atoms with van der Waals surface area (Å²) < 4.78 is 19.1. The van der Waals surface area contributed by atoms with Gasteiger partial charge in [0.2, 0.25) is 0 Å². The van der Waals surface area contributed by atoms with Crippen LogP contribution in [0.3, 0.4) is 0 Å². The third kappa shape index (κ3) is 2.40. The molecule has 1 aromatic rings. The number of morpholine rings is 1. The molecule has 90 valence electrons. The Labute approximate surface area is 100 Å². The number of hydrogen-bond acceptors (Lipinski definition) is 3. The molecule has 17 heavy (non-hydrogen) atoms. The Morgan fingerprint density at radius 2 is 2.24 bits per heavy atom. The third-order valence-electron chi connectivity index (χ3n) is 2.87. The van der Waals surface area contributed by atoms with Gasteiger partial charge in [0, 0.05) is 13.1 Å². The highest BCUT2D eigenvalue weighted by Crippen LogP contribution is 2.27. The highest BCUT2D eigenvalue weighted by atomic mass is 19.1. The first-order chi connectivity index (χ1) is 8.03. The molecule has 1 heterocycles. The van der Waals surface area contributed by atoms with Gasteiger partial charge in [0.25, 0.3) is 0 Å². The summed E-state index contributed by atoms with van der Waals surface area (Å²) >= 11 is 0. The zero-order valence-corrected chi connectivity index (χ0v) is 10.0. The van der Waals surface area contributed by atoms with E-state index in [0.29, 0.717) is 25.4 Å². The molecule has 0 atom stereocenters. The number of hydrogen-bond donors (Lipinski definition) is 0. The second-order valence-corrected chi connectivity index (χ2v) is 4.78. The van der Waals surface area contributed by atoms with E-state index < -0.39 is 5.82 Å². The van der Waals surface area contributed by atoms with Gasteiger partial charge in [-0.1, -0.05) is 6.07 Å². The molecule has 1 aliphatic rings. The van der Waals surface area contributed by atoms with Gasteiger partial charge in [0.1, 0.15) is 17.4 Å². The average molecular weight is 234 g/mol. The minimum Gasteiger partial charge on any atom is -0.372 e. The molecule has 1 aromatic carbocycles. The van der Waals surface area contributed by atoms with Gasteiger partial charge in [0.15, 0.2) is 0 Å². The van der Waals surface area contributed by atoms with E-state index in [1.54, 1.807) is 12.1 Å². The van der Waals surface area contributed by atoms with Crippen LogP contribution in [0.5, 0.6) is 0 Å². The predicted octanol–water partition coefficient (Wildman–Crippen LogP) is 2.31. The first-order valence-electron chi connectivity index (χ1n) is 5.61. The second kappa shape index (κ2) is 4.34. The summed E-state index contributed by atoms with van der Waals surface area (Å²) in [6.07, 6.45) is 0. The number of nitrogens with zero attached hydrogens (tertiary/aromatic N) is 2. The van der Waals surface area contributed by atoms with Crippen LogP contribution in [0.15, 0.2) is 18.2 Å². The fourth-order valence-corrected chi connectivity index (χ4v) is 2.11. The van der Waals surface area contributed by atoms with E-state index in [-0.39, 0.29) is 11.2 Å². The van der Waals surface area contributed by atoms with Gasteiger partial charge in [-0.2, -0.15) is 5.26 Å². The van der Waals surface area contributed by atoms with E-state index in [2.05, 4.69) is 0 Å². The number of rotatable bonds is 1. The predicted molar refractivity (Wildman–Crippen MR) is 63.4 cm³/mol. The van der Waals surface area contributed by atoms with Crippen molar-refractivity contribution in [1.29, 1.82) is 5.26 Å². The van der Waals surface area contributed by atoms with Crippen LogP contribution in [-0.2, 0) is 4.74 Å². The lowest BCUT2D eigenvalue weighted by Crippen LogP contribution is -2.48. The maximum atomic E-state index is 13.5. The van der Waals surface area contributed by atoms with E-state index in [1.165, 1.54) is 6.07 Å². The molecule has 1 fully saturated rings. The van der Waals surface area contributed by atoms with E-state index in [0.717, 1.165) is 0 Å². The number of ether oxygens (including phenoxy) is 1. The highest BCUT2D eigenvalue weighted by molar-refractivity contribution is 5.60. The van der Waals surface area contributed by atoms with Crippen LogP contribution in [0.1, 0.15) is 19.4 Å². The molecular formula is C13H15FN2O. The summed E-state index contributed by atoms with van der Waals surface area (Å²) in [7, 11) is 0. The van der Waals surface area contributed by atoms with Crippen molar-refractivity contribution in [1.82, 2.24) is 0 Å². The zero-order chi connectivity index (χ0) is 12.5. The molecule has 1 aliphatic heterocycles. The Balaban J connectivity index is 2.35. The summed E-state index contributed by atoms with van der Waals surface area (Å²) in [6, 6.07) is 6.66. The fraction of sp³-hybridized carbons (Fsp3) is 0.462. The van der Waals surface area contributed by atoms with Crippen molar-refractivity contribution >= 4 is 5.69 Å². The Kier molecular flexibility index (Phi) is 3.03. The fourth-order valence-electron chi connectivity index (χ4n) is 2.11. The van der Waals surface area contributed by atoms with Crippen LogP contribution in [-0.4, -0.2) is 25.3 Å². The van der Waals surface area contributed by atoms with Gasteiger partial charge >= 0.3 is 0 Å². The smallest absolute Gasteiger partial charge is 0.143 e. The summed E-state index contributed by atoms with van der Waals surface area (Å²) in [5, 5.41) is 9.01. The lowest BCUT2D eigenvalue weighted by molar-refractivity contribution is -0.0277. The molecule has 2 rings (SSSR count). The minimum atomic E-state index is -0.464. The lowest BCUT2D eigenvalue weighted by Gasteiger charge is -2.39. The molecule has 1 saturated heterocycles. The second-order valence-electron chi connectivity index (χ2n) is 4.78. The van der Waals surface area contributed by atoms with Crippen molar-refractivity contribution in [3.05, 3.63) is 29.6 Å². The van der Waals surface area contributed by atoms with Crippen molar-refractivity contribution in [2.45, 2.75) is 19.4 Å². The standard InChI is InChI=1S/C13H15FN2O/c1-13(2)9-16(6-7-17-13)12-5-3-4-11(14)10(12)8-15/h3-5H,6-7,9H2,1-2H3. The zero-order valence-electron chi connectivity index (χ0n) is 10.0. The van der Waals surface area contributed by atoms with Crippen LogP contribution >= 0.6 is 0 Å². The SMILES string of the molecule is CC1(C)CN(c2cccc(F)c2C#N)CCO1. The average Bonchev–Trinajstić information content (AvgIpc) is 2.27. The van der Waals surface area contributed by atoms with Crippen LogP contribution in [0.2, 0.25) is 0 Å². The summed E-state index contributed by atoms with van der Waals surface area (Å²) in [4.78, 5) is 2.01. The van der Waals surface area contributed by atoms with Gasteiger partial charge in [-0.3, -0.25) is 0 Å². The molecular weight excluding hydrogens is 219 g/mol. The molecule has 4 heteroatoms. The van der Waals surface area contributed by atoms with E-state index in [9.17, 15) is 4.39 Å². The topological polar surface area (TPSA) is 36.3 Å². The number of anilines is 1. The number of benzene rings is 1. The van der Waals surface area contributed by atoms with Crippen molar-refractivity contribution in [3.63, 3.8) is 0 Å². The summed E-state index contributed by atoms with van der Waals surface area (Å²) in [6.45, 7) is 5.91. The van der Waals surface area contributed by atoms with Crippen molar-refractivity contribution < 1.29 is 9.13 Å². The van der Waals surface area contributed by atoms with Crippen molar-refractivity contribution in [2.75, 3.05) is 24.6 Å². The van der Waals surface area contributed by atoms with Gasteiger partial charge in [-0.25, -0.2) is 4.39 Å². The first kappa shape index (κ1) is 11.9. The van der Waals surface area contributed by atoms with Crippen LogP contribution in [0.25, 0.3) is 0 Å². The van der Waals surface area contributed by atoms with Gasteiger partial charge in [0.05, 0.1) is 17.9 Å². The van der Waals surface area contributed by atoms with Gasteiger partial charge in [-0.15, -0.1) is 0 Å². The molecule has 0 spiro atoms.